The molecule has 0 unspecified atom stereocenters. The monoisotopic (exact) mass is 255 g/mol. The van der Waals surface area contributed by atoms with Crippen molar-refractivity contribution in [2.24, 2.45) is 11.8 Å². The molecule has 0 bridgehead atoms. The third kappa shape index (κ3) is 8.93. The molecule has 1 aliphatic rings. The molecule has 0 radical (unpaired) electrons. The summed E-state index contributed by atoms with van der Waals surface area (Å²) in [5.74, 6) is 1.59. The van der Waals surface area contributed by atoms with Crippen LogP contribution in [-0.4, -0.2) is 26.3 Å². The first kappa shape index (κ1) is 16.0. The summed E-state index contributed by atoms with van der Waals surface area (Å²) in [6.07, 6.45) is 11.3. The van der Waals surface area contributed by atoms with Gasteiger partial charge in [0.25, 0.3) is 0 Å². The van der Waals surface area contributed by atoms with Crippen LogP contribution in [0.25, 0.3) is 0 Å². The van der Waals surface area contributed by atoms with E-state index in [-0.39, 0.29) is 0 Å². The molecule has 0 aliphatic heterocycles. The first-order valence-electron chi connectivity index (χ1n) is 8.07. The first-order chi connectivity index (χ1) is 8.79. The Kier molecular flexibility index (Phi) is 9.59. The van der Waals surface area contributed by atoms with E-state index in [0.29, 0.717) is 5.92 Å². The predicted molar refractivity (Wildman–Crippen MR) is 79.0 cm³/mol. The molecule has 0 heterocycles. The van der Waals surface area contributed by atoms with Gasteiger partial charge < -0.3 is 10.1 Å². The standard InChI is InChI=1S/C16H33NO/c1-15(2)14-18-12-8-11-17-13-16-9-6-4-3-5-7-10-16/h15-17H,3-14H2,1-2H3. The van der Waals surface area contributed by atoms with Crippen LogP contribution in [0.2, 0.25) is 0 Å². The lowest BCUT2D eigenvalue weighted by Gasteiger charge is -2.20. The van der Waals surface area contributed by atoms with Gasteiger partial charge in [0.1, 0.15) is 0 Å². The highest BCUT2D eigenvalue weighted by atomic mass is 16.5. The molecule has 1 aliphatic carbocycles. The maximum atomic E-state index is 5.58. The summed E-state index contributed by atoms with van der Waals surface area (Å²) in [5, 5.41) is 3.61. The van der Waals surface area contributed by atoms with Crippen LogP contribution in [0.3, 0.4) is 0 Å². The van der Waals surface area contributed by atoms with Crippen molar-refractivity contribution in [3.05, 3.63) is 0 Å². The molecule has 1 saturated carbocycles. The van der Waals surface area contributed by atoms with Crippen molar-refractivity contribution in [2.75, 3.05) is 26.3 Å². The minimum absolute atomic E-state index is 0.660. The molecule has 0 aromatic rings. The van der Waals surface area contributed by atoms with Crippen LogP contribution in [0, 0.1) is 11.8 Å². The summed E-state index contributed by atoms with van der Waals surface area (Å²) in [4.78, 5) is 0. The van der Waals surface area contributed by atoms with Crippen molar-refractivity contribution in [1.82, 2.24) is 5.32 Å². The zero-order valence-corrected chi connectivity index (χ0v) is 12.5. The van der Waals surface area contributed by atoms with Crippen LogP contribution in [-0.2, 0) is 4.74 Å². The van der Waals surface area contributed by atoms with Crippen LogP contribution in [0.15, 0.2) is 0 Å². The van der Waals surface area contributed by atoms with Gasteiger partial charge >= 0.3 is 0 Å². The number of hydrogen-bond donors (Lipinski definition) is 1. The van der Waals surface area contributed by atoms with Gasteiger partial charge in [0.15, 0.2) is 0 Å². The van der Waals surface area contributed by atoms with Crippen LogP contribution in [0.4, 0.5) is 0 Å². The summed E-state index contributed by atoms with van der Waals surface area (Å²) >= 11 is 0. The molecule has 108 valence electrons. The van der Waals surface area contributed by atoms with Gasteiger partial charge in [-0.15, -0.1) is 0 Å². The zero-order chi connectivity index (χ0) is 13.1. The lowest BCUT2D eigenvalue weighted by atomic mass is 9.91. The molecule has 0 amide bonds. The minimum Gasteiger partial charge on any atom is -0.381 e. The Balaban J connectivity index is 1.89. The van der Waals surface area contributed by atoms with Crippen molar-refractivity contribution >= 4 is 0 Å². The topological polar surface area (TPSA) is 21.3 Å². The fourth-order valence-corrected chi connectivity index (χ4v) is 2.67. The molecule has 2 nitrogen and oxygen atoms in total. The van der Waals surface area contributed by atoms with Gasteiger partial charge in [-0.25, -0.2) is 0 Å². The van der Waals surface area contributed by atoms with E-state index in [4.69, 9.17) is 4.74 Å². The van der Waals surface area contributed by atoms with Crippen LogP contribution >= 0.6 is 0 Å². The maximum absolute atomic E-state index is 5.58. The summed E-state index contributed by atoms with van der Waals surface area (Å²) in [6, 6.07) is 0. The van der Waals surface area contributed by atoms with Crippen molar-refractivity contribution in [3.63, 3.8) is 0 Å². The van der Waals surface area contributed by atoms with Crippen molar-refractivity contribution in [3.8, 4) is 0 Å². The molecular formula is C16H33NO. The average Bonchev–Trinajstić information content (AvgIpc) is 2.29. The SMILES string of the molecule is CC(C)COCCCNCC1CCCCCCC1. The van der Waals surface area contributed by atoms with E-state index < -0.39 is 0 Å². The summed E-state index contributed by atoms with van der Waals surface area (Å²) in [6.45, 7) is 8.57. The van der Waals surface area contributed by atoms with Gasteiger partial charge in [0.05, 0.1) is 0 Å². The Morgan fingerprint density at radius 2 is 1.72 bits per heavy atom. The molecular weight excluding hydrogens is 222 g/mol. The highest BCUT2D eigenvalue weighted by molar-refractivity contribution is 4.66. The highest BCUT2D eigenvalue weighted by Gasteiger charge is 2.10. The first-order valence-corrected chi connectivity index (χ1v) is 8.07. The minimum atomic E-state index is 0.660. The van der Waals surface area contributed by atoms with E-state index in [1.54, 1.807) is 0 Å². The van der Waals surface area contributed by atoms with Crippen molar-refractivity contribution < 1.29 is 4.74 Å². The van der Waals surface area contributed by atoms with E-state index in [1.165, 1.54) is 51.5 Å². The summed E-state index contributed by atoms with van der Waals surface area (Å²) in [7, 11) is 0. The van der Waals surface area contributed by atoms with E-state index in [9.17, 15) is 0 Å². The van der Waals surface area contributed by atoms with E-state index in [2.05, 4.69) is 19.2 Å². The van der Waals surface area contributed by atoms with Crippen LogP contribution < -0.4 is 5.32 Å². The third-order valence-corrected chi connectivity index (χ3v) is 3.75. The van der Waals surface area contributed by atoms with Gasteiger partial charge in [-0.3, -0.25) is 0 Å². The second kappa shape index (κ2) is 10.8. The second-order valence-electron chi connectivity index (χ2n) is 6.24. The molecule has 0 aromatic heterocycles. The lowest BCUT2D eigenvalue weighted by molar-refractivity contribution is 0.107. The summed E-state index contributed by atoms with van der Waals surface area (Å²) < 4.78 is 5.58. The van der Waals surface area contributed by atoms with E-state index in [0.717, 1.165) is 32.1 Å². The van der Waals surface area contributed by atoms with Crippen molar-refractivity contribution in [1.29, 1.82) is 0 Å². The number of rotatable bonds is 8. The Labute approximate surface area is 114 Å². The molecule has 1 rings (SSSR count). The zero-order valence-electron chi connectivity index (χ0n) is 12.5. The van der Waals surface area contributed by atoms with Gasteiger partial charge in [0.2, 0.25) is 0 Å². The van der Waals surface area contributed by atoms with Gasteiger partial charge in [-0.1, -0.05) is 46.0 Å². The van der Waals surface area contributed by atoms with Gasteiger partial charge in [-0.2, -0.15) is 0 Å². The second-order valence-corrected chi connectivity index (χ2v) is 6.24. The predicted octanol–water partition coefficient (Wildman–Crippen LogP) is 4.00. The largest absolute Gasteiger partial charge is 0.381 e. The maximum Gasteiger partial charge on any atom is 0.0489 e. The number of nitrogens with one attached hydrogen (secondary N) is 1. The molecule has 18 heavy (non-hydrogen) atoms. The highest BCUT2D eigenvalue weighted by Crippen LogP contribution is 2.21. The van der Waals surface area contributed by atoms with Crippen LogP contribution in [0.5, 0.6) is 0 Å². The Morgan fingerprint density at radius 3 is 2.39 bits per heavy atom. The molecule has 0 atom stereocenters. The van der Waals surface area contributed by atoms with E-state index in [1.807, 2.05) is 0 Å². The number of ether oxygens (including phenoxy) is 1. The molecule has 1 N–H and O–H groups in total. The average molecular weight is 255 g/mol. The lowest BCUT2D eigenvalue weighted by Crippen LogP contribution is -2.25. The fraction of sp³-hybridized carbons (Fsp3) is 1.00. The Hall–Kier alpha value is -0.0800. The molecule has 0 spiro atoms. The normalized spacial score (nSPS) is 18.8. The smallest absolute Gasteiger partial charge is 0.0489 e. The van der Waals surface area contributed by atoms with Crippen molar-refractivity contribution in [2.45, 2.75) is 65.2 Å². The van der Waals surface area contributed by atoms with Crippen LogP contribution in [0.1, 0.15) is 65.2 Å². The summed E-state index contributed by atoms with van der Waals surface area (Å²) in [5.41, 5.74) is 0. The van der Waals surface area contributed by atoms with E-state index >= 15 is 0 Å². The third-order valence-electron chi connectivity index (χ3n) is 3.75. The number of hydrogen-bond acceptors (Lipinski definition) is 2. The molecule has 2 heteroatoms. The quantitative estimate of drug-likeness (QED) is 0.662. The molecule has 0 aromatic carbocycles. The Bertz CT molecular complexity index is 174. The van der Waals surface area contributed by atoms with Gasteiger partial charge in [-0.05, 0) is 44.2 Å². The Morgan fingerprint density at radius 1 is 1.06 bits per heavy atom. The fourth-order valence-electron chi connectivity index (χ4n) is 2.67. The van der Waals surface area contributed by atoms with Gasteiger partial charge in [0, 0.05) is 13.2 Å². The molecule has 0 saturated heterocycles. The molecule has 1 fully saturated rings.